The molecule has 2 aromatic rings. The molecule has 0 spiro atoms. The molecule has 0 aliphatic rings. The Labute approximate surface area is 112 Å². The van der Waals surface area contributed by atoms with Gasteiger partial charge in [0.2, 0.25) is 0 Å². The summed E-state index contributed by atoms with van der Waals surface area (Å²) in [4.78, 5) is 0. The standard InChI is InChI=1S/C13H17ClN4/c1-8-4-5-10(7-11(8)14)13(16-15)12-6-9(2)17-18(12)3/h4-7,13,16H,15H2,1-3H3. The maximum absolute atomic E-state index is 6.16. The maximum Gasteiger partial charge on any atom is 0.0878 e. The molecule has 0 bridgehead atoms. The van der Waals surface area contributed by atoms with Crippen LogP contribution in [0.1, 0.15) is 28.6 Å². The highest BCUT2D eigenvalue weighted by Gasteiger charge is 2.17. The Morgan fingerprint density at radius 1 is 1.33 bits per heavy atom. The van der Waals surface area contributed by atoms with Crippen molar-refractivity contribution in [3.63, 3.8) is 0 Å². The Kier molecular flexibility index (Phi) is 3.71. The van der Waals surface area contributed by atoms with Gasteiger partial charge in [0, 0.05) is 12.1 Å². The lowest BCUT2D eigenvalue weighted by Gasteiger charge is -2.17. The highest BCUT2D eigenvalue weighted by Crippen LogP contribution is 2.25. The number of hydrazine groups is 1. The quantitative estimate of drug-likeness (QED) is 0.660. The van der Waals surface area contributed by atoms with Gasteiger partial charge in [0.05, 0.1) is 17.4 Å². The number of hydrogen-bond donors (Lipinski definition) is 2. The van der Waals surface area contributed by atoms with Crippen LogP contribution < -0.4 is 11.3 Å². The number of rotatable bonds is 3. The summed E-state index contributed by atoms with van der Waals surface area (Å²) >= 11 is 6.16. The molecule has 18 heavy (non-hydrogen) atoms. The van der Waals surface area contributed by atoms with E-state index in [1.54, 1.807) is 0 Å². The molecule has 1 unspecified atom stereocenters. The summed E-state index contributed by atoms with van der Waals surface area (Å²) in [5.41, 5.74) is 6.87. The second kappa shape index (κ2) is 5.10. The first-order valence-corrected chi connectivity index (χ1v) is 6.13. The van der Waals surface area contributed by atoms with Gasteiger partial charge >= 0.3 is 0 Å². The monoisotopic (exact) mass is 264 g/mol. The Morgan fingerprint density at radius 3 is 2.56 bits per heavy atom. The van der Waals surface area contributed by atoms with Gasteiger partial charge in [-0.15, -0.1) is 0 Å². The van der Waals surface area contributed by atoms with Crippen molar-refractivity contribution in [3.05, 3.63) is 51.8 Å². The Bertz CT molecular complexity index is 562. The van der Waals surface area contributed by atoms with Gasteiger partial charge in [0.15, 0.2) is 0 Å². The van der Waals surface area contributed by atoms with E-state index in [4.69, 9.17) is 17.4 Å². The van der Waals surface area contributed by atoms with Crippen LogP contribution in [0.5, 0.6) is 0 Å². The summed E-state index contributed by atoms with van der Waals surface area (Å²) in [5.74, 6) is 5.67. The molecule has 1 atom stereocenters. The number of nitrogens with zero attached hydrogens (tertiary/aromatic N) is 2. The fourth-order valence-electron chi connectivity index (χ4n) is 2.04. The molecule has 4 nitrogen and oxygen atoms in total. The first kappa shape index (κ1) is 13.1. The first-order valence-electron chi connectivity index (χ1n) is 5.75. The minimum absolute atomic E-state index is 0.116. The molecule has 0 radical (unpaired) electrons. The van der Waals surface area contributed by atoms with E-state index in [2.05, 4.69) is 10.5 Å². The number of hydrogen-bond acceptors (Lipinski definition) is 3. The number of nitrogens with one attached hydrogen (secondary N) is 1. The summed E-state index contributed by atoms with van der Waals surface area (Å²) in [5, 5.41) is 5.08. The van der Waals surface area contributed by atoms with Crippen molar-refractivity contribution in [1.29, 1.82) is 0 Å². The SMILES string of the molecule is Cc1cc(C(NN)c2ccc(C)c(Cl)c2)n(C)n1. The normalized spacial score (nSPS) is 12.7. The third kappa shape index (κ3) is 2.41. The molecule has 5 heteroatoms. The second-order valence-electron chi connectivity index (χ2n) is 4.44. The van der Waals surface area contributed by atoms with Gasteiger partial charge in [-0.05, 0) is 37.1 Å². The fourth-order valence-corrected chi connectivity index (χ4v) is 2.23. The van der Waals surface area contributed by atoms with Gasteiger partial charge in [0.25, 0.3) is 0 Å². The van der Waals surface area contributed by atoms with Crippen LogP contribution in [-0.4, -0.2) is 9.78 Å². The van der Waals surface area contributed by atoms with Gasteiger partial charge in [-0.3, -0.25) is 10.5 Å². The minimum Gasteiger partial charge on any atom is -0.271 e. The van der Waals surface area contributed by atoms with Gasteiger partial charge in [-0.25, -0.2) is 5.43 Å². The molecule has 0 amide bonds. The summed E-state index contributed by atoms with van der Waals surface area (Å²) in [7, 11) is 1.91. The predicted molar refractivity (Wildman–Crippen MR) is 73.3 cm³/mol. The third-order valence-corrected chi connectivity index (χ3v) is 3.44. The van der Waals surface area contributed by atoms with Crippen LogP contribution in [0.15, 0.2) is 24.3 Å². The lowest BCUT2D eigenvalue weighted by Crippen LogP contribution is -2.30. The second-order valence-corrected chi connectivity index (χ2v) is 4.85. The molecular formula is C13H17ClN4. The zero-order valence-corrected chi connectivity index (χ0v) is 11.5. The van der Waals surface area contributed by atoms with Crippen molar-refractivity contribution in [2.75, 3.05) is 0 Å². The molecule has 0 saturated carbocycles. The largest absolute Gasteiger partial charge is 0.271 e. The van der Waals surface area contributed by atoms with E-state index in [1.807, 2.05) is 49.8 Å². The van der Waals surface area contributed by atoms with E-state index < -0.39 is 0 Å². The zero-order chi connectivity index (χ0) is 13.3. The average molecular weight is 265 g/mol. The third-order valence-electron chi connectivity index (χ3n) is 3.03. The van der Waals surface area contributed by atoms with E-state index in [-0.39, 0.29) is 6.04 Å². The van der Waals surface area contributed by atoms with Crippen LogP contribution >= 0.6 is 11.6 Å². The van der Waals surface area contributed by atoms with Crippen LogP contribution in [0.2, 0.25) is 5.02 Å². The van der Waals surface area contributed by atoms with Crippen molar-refractivity contribution in [3.8, 4) is 0 Å². The number of halogens is 1. The summed E-state index contributed by atoms with van der Waals surface area (Å²) in [6.07, 6.45) is 0. The van der Waals surface area contributed by atoms with E-state index in [1.165, 1.54) is 0 Å². The molecule has 0 aliphatic heterocycles. The number of aromatic nitrogens is 2. The molecule has 96 valence electrons. The van der Waals surface area contributed by atoms with Crippen molar-refractivity contribution in [1.82, 2.24) is 15.2 Å². The number of benzene rings is 1. The molecule has 2 rings (SSSR count). The Hall–Kier alpha value is -1.36. The van der Waals surface area contributed by atoms with Gasteiger partial charge in [-0.2, -0.15) is 5.10 Å². The van der Waals surface area contributed by atoms with E-state index >= 15 is 0 Å². The molecule has 0 saturated heterocycles. The van der Waals surface area contributed by atoms with Crippen LogP contribution in [0, 0.1) is 13.8 Å². The highest BCUT2D eigenvalue weighted by molar-refractivity contribution is 6.31. The Morgan fingerprint density at radius 2 is 2.06 bits per heavy atom. The van der Waals surface area contributed by atoms with E-state index in [9.17, 15) is 0 Å². The zero-order valence-electron chi connectivity index (χ0n) is 10.7. The predicted octanol–water partition coefficient (Wildman–Crippen LogP) is 2.24. The first-order chi connectivity index (χ1) is 8.52. The molecule has 1 heterocycles. The fraction of sp³-hybridized carbons (Fsp3) is 0.308. The summed E-state index contributed by atoms with van der Waals surface area (Å²) in [6.45, 7) is 3.93. The van der Waals surface area contributed by atoms with Crippen LogP contribution in [0.4, 0.5) is 0 Å². The number of aryl methyl sites for hydroxylation is 3. The minimum atomic E-state index is -0.116. The van der Waals surface area contributed by atoms with Crippen molar-refractivity contribution in [2.24, 2.45) is 12.9 Å². The average Bonchev–Trinajstić information content (AvgIpc) is 2.64. The van der Waals surface area contributed by atoms with Gasteiger partial charge < -0.3 is 0 Å². The molecule has 1 aromatic carbocycles. The Balaban J connectivity index is 2.45. The smallest absolute Gasteiger partial charge is 0.0878 e. The van der Waals surface area contributed by atoms with Gasteiger partial charge in [0.1, 0.15) is 0 Å². The van der Waals surface area contributed by atoms with Crippen molar-refractivity contribution in [2.45, 2.75) is 19.9 Å². The van der Waals surface area contributed by atoms with Gasteiger partial charge in [-0.1, -0.05) is 23.7 Å². The molecular weight excluding hydrogens is 248 g/mol. The molecule has 0 fully saturated rings. The summed E-state index contributed by atoms with van der Waals surface area (Å²) in [6, 6.07) is 7.84. The van der Waals surface area contributed by atoms with Crippen molar-refractivity contribution < 1.29 is 0 Å². The lowest BCUT2D eigenvalue weighted by molar-refractivity contribution is 0.574. The van der Waals surface area contributed by atoms with E-state index in [0.717, 1.165) is 27.5 Å². The molecule has 3 N–H and O–H groups in total. The lowest BCUT2D eigenvalue weighted by atomic mass is 10.0. The van der Waals surface area contributed by atoms with Crippen LogP contribution in [0.3, 0.4) is 0 Å². The topological polar surface area (TPSA) is 55.9 Å². The van der Waals surface area contributed by atoms with Crippen LogP contribution in [-0.2, 0) is 7.05 Å². The maximum atomic E-state index is 6.16. The molecule has 0 aliphatic carbocycles. The van der Waals surface area contributed by atoms with Crippen LogP contribution in [0.25, 0.3) is 0 Å². The van der Waals surface area contributed by atoms with E-state index in [0.29, 0.717) is 0 Å². The van der Waals surface area contributed by atoms with Crippen molar-refractivity contribution >= 4 is 11.6 Å². The number of nitrogens with two attached hydrogens (primary N) is 1. The highest BCUT2D eigenvalue weighted by atomic mass is 35.5. The molecule has 1 aromatic heterocycles. The summed E-state index contributed by atoms with van der Waals surface area (Å²) < 4.78 is 1.83.